The van der Waals surface area contributed by atoms with E-state index in [0.29, 0.717) is 32.4 Å². The van der Waals surface area contributed by atoms with Crippen molar-refractivity contribution in [1.82, 2.24) is 15.1 Å². The number of likely N-dealkylation sites (tertiary alicyclic amines) is 1. The zero-order chi connectivity index (χ0) is 20.9. The Balaban J connectivity index is 1.92. The van der Waals surface area contributed by atoms with E-state index in [1.807, 2.05) is 18.2 Å². The quantitative estimate of drug-likeness (QED) is 0.675. The fourth-order valence-electron chi connectivity index (χ4n) is 4.71. The molecule has 1 spiro atoms. The van der Waals surface area contributed by atoms with E-state index in [4.69, 9.17) is 0 Å². The molecule has 0 aromatic heterocycles. The van der Waals surface area contributed by atoms with Gasteiger partial charge in [-0.3, -0.25) is 10.1 Å². The first-order valence-electron chi connectivity index (χ1n) is 10.6. The maximum Gasteiger partial charge on any atom is 0.407 e. The monoisotopic (exact) mass is 419 g/mol. The van der Waals surface area contributed by atoms with Crippen LogP contribution in [-0.4, -0.2) is 69.8 Å². The third-order valence-corrected chi connectivity index (χ3v) is 6.93. The highest BCUT2D eigenvalue weighted by Gasteiger charge is 2.58. The molecule has 2 amide bonds. The standard InChI is InChI=1S/C22H33N3O3S/c1-3-4-13-25-19(26)21(12-16-29-2,17-18-8-6-5-7-9-18)23-22(25)10-14-24(15-11-22)20(27)28/h5-9,23H,3-4,10-17H2,1-2H3,(H,27,28). The zero-order valence-electron chi connectivity index (χ0n) is 17.5. The Morgan fingerprint density at radius 3 is 2.52 bits per heavy atom. The van der Waals surface area contributed by atoms with Gasteiger partial charge in [0.1, 0.15) is 5.54 Å². The minimum absolute atomic E-state index is 0.188. The topological polar surface area (TPSA) is 72.9 Å². The van der Waals surface area contributed by atoms with Crippen molar-refractivity contribution in [3.05, 3.63) is 35.9 Å². The third-order valence-electron chi connectivity index (χ3n) is 6.32. The number of carbonyl (C=O) groups is 2. The molecule has 2 fully saturated rings. The van der Waals surface area contributed by atoms with Crippen LogP contribution in [0.15, 0.2) is 30.3 Å². The fraction of sp³-hybridized carbons (Fsp3) is 0.636. The largest absolute Gasteiger partial charge is 0.465 e. The Morgan fingerprint density at radius 2 is 1.93 bits per heavy atom. The molecule has 0 saturated carbocycles. The molecule has 29 heavy (non-hydrogen) atoms. The third kappa shape index (κ3) is 4.56. The molecular formula is C22H33N3O3S. The molecule has 160 valence electrons. The van der Waals surface area contributed by atoms with E-state index in [0.717, 1.165) is 37.1 Å². The summed E-state index contributed by atoms with van der Waals surface area (Å²) in [7, 11) is 0. The number of unbranched alkanes of at least 4 members (excludes halogenated alkanes) is 1. The van der Waals surface area contributed by atoms with Gasteiger partial charge in [0.15, 0.2) is 0 Å². The van der Waals surface area contributed by atoms with Crippen molar-refractivity contribution < 1.29 is 14.7 Å². The Labute approximate surface area is 178 Å². The van der Waals surface area contributed by atoms with Crippen LogP contribution in [0, 0.1) is 0 Å². The van der Waals surface area contributed by atoms with E-state index in [-0.39, 0.29) is 5.91 Å². The highest BCUT2D eigenvalue weighted by Crippen LogP contribution is 2.40. The average molecular weight is 420 g/mol. The summed E-state index contributed by atoms with van der Waals surface area (Å²) < 4.78 is 0. The number of amides is 2. The van der Waals surface area contributed by atoms with Crippen LogP contribution in [0.5, 0.6) is 0 Å². The van der Waals surface area contributed by atoms with E-state index >= 15 is 0 Å². The number of carbonyl (C=O) groups excluding carboxylic acids is 1. The van der Waals surface area contributed by atoms with Gasteiger partial charge in [0, 0.05) is 32.5 Å². The summed E-state index contributed by atoms with van der Waals surface area (Å²) in [5, 5.41) is 13.2. The van der Waals surface area contributed by atoms with Crippen LogP contribution >= 0.6 is 11.8 Å². The van der Waals surface area contributed by atoms with Gasteiger partial charge in [-0.1, -0.05) is 43.7 Å². The van der Waals surface area contributed by atoms with Crippen molar-refractivity contribution in [3.8, 4) is 0 Å². The Kier molecular flexibility index (Phi) is 7.11. The van der Waals surface area contributed by atoms with Crippen LogP contribution < -0.4 is 5.32 Å². The first-order chi connectivity index (χ1) is 14.0. The smallest absolute Gasteiger partial charge is 0.407 e. The number of nitrogens with one attached hydrogen (secondary N) is 1. The van der Waals surface area contributed by atoms with E-state index in [1.165, 1.54) is 4.90 Å². The number of rotatable bonds is 8. The van der Waals surface area contributed by atoms with Gasteiger partial charge in [-0.25, -0.2) is 4.79 Å². The molecule has 0 bridgehead atoms. The second-order valence-electron chi connectivity index (χ2n) is 8.22. The summed E-state index contributed by atoms with van der Waals surface area (Å²) in [6.07, 6.45) is 5.91. The summed E-state index contributed by atoms with van der Waals surface area (Å²) in [5.41, 5.74) is 0.0967. The molecule has 1 unspecified atom stereocenters. The van der Waals surface area contributed by atoms with E-state index in [2.05, 4.69) is 35.5 Å². The van der Waals surface area contributed by atoms with E-state index in [9.17, 15) is 14.7 Å². The number of nitrogens with zero attached hydrogens (tertiary/aromatic N) is 2. The van der Waals surface area contributed by atoms with Crippen molar-refractivity contribution in [1.29, 1.82) is 0 Å². The lowest BCUT2D eigenvalue weighted by atomic mass is 9.87. The van der Waals surface area contributed by atoms with E-state index in [1.54, 1.807) is 11.8 Å². The lowest BCUT2D eigenvalue weighted by molar-refractivity contribution is -0.136. The van der Waals surface area contributed by atoms with Gasteiger partial charge in [0.25, 0.3) is 0 Å². The van der Waals surface area contributed by atoms with Crippen molar-refractivity contribution in [2.45, 2.75) is 56.7 Å². The highest BCUT2D eigenvalue weighted by atomic mass is 32.2. The number of benzene rings is 1. The summed E-state index contributed by atoms with van der Waals surface area (Å²) in [6, 6.07) is 10.2. The van der Waals surface area contributed by atoms with Crippen LogP contribution in [0.25, 0.3) is 0 Å². The summed E-state index contributed by atoms with van der Waals surface area (Å²) in [5.74, 6) is 1.09. The lowest BCUT2D eigenvalue weighted by Gasteiger charge is -2.44. The van der Waals surface area contributed by atoms with Gasteiger partial charge in [-0.2, -0.15) is 11.8 Å². The van der Waals surface area contributed by atoms with Crippen LogP contribution in [0.3, 0.4) is 0 Å². The molecule has 0 aliphatic carbocycles. The number of hydrogen-bond donors (Lipinski definition) is 2. The second kappa shape index (κ2) is 9.39. The highest BCUT2D eigenvalue weighted by molar-refractivity contribution is 7.98. The molecule has 2 heterocycles. The molecule has 7 heteroatoms. The van der Waals surface area contributed by atoms with Crippen LogP contribution in [0.1, 0.15) is 44.6 Å². The second-order valence-corrected chi connectivity index (χ2v) is 9.21. The Morgan fingerprint density at radius 1 is 1.24 bits per heavy atom. The normalized spacial score (nSPS) is 23.7. The first-order valence-corrected chi connectivity index (χ1v) is 12.0. The SMILES string of the molecule is CCCCN1C(=O)C(CCSC)(Cc2ccccc2)NC12CCN(C(=O)O)CC2. The minimum Gasteiger partial charge on any atom is -0.465 e. The van der Waals surface area contributed by atoms with E-state index < -0.39 is 17.3 Å². The number of piperidine rings is 1. The van der Waals surface area contributed by atoms with Crippen molar-refractivity contribution in [3.63, 3.8) is 0 Å². The maximum atomic E-state index is 13.9. The van der Waals surface area contributed by atoms with Crippen LogP contribution in [0.2, 0.25) is 0 Å². The molecule has 2 aliphatic heterocycles. The first kappa shape index (κ1) is 22.0. The van der Waals surface area contributed by atoms with Crippen LogP contribution in [0.4, 0.5) is 4.79 Å². The minimum atomic E-state index is -0.873. The molecule has 2 aliphatic rings. The molecule has 2 saturated heterocycles. The van der Waals surface area contributed by atoms with Crippen LogP contribution in [-0.2, 0) is 11.2 Å². The molecule has 1 aromatic rings. The number of carboxylic acid groups (broad SMARTS) is 1. The molecule has 1 atom stereocenters. The van der Waals surface area contributed by atoms with Gasteiger partial charge >= 0.3 is 6.09 Å². The zero-order valence-corrected chi connectivity index (χ0v) is 18.3. The summed E-state index contributed by atoms with van der Waals surface area (Å²) in [4.78, 5) is 28.8. The molecule has 6 nitrogen and oxygen atoms in total. The Bertz CT molecular complexity index is 707. The summed E-state index contributed by atoms with van der Waals surface area (Å²) in [6.45, 7) is 3.79. The van der Waals surface area contributed by atoms with Gasteiger partial charge < -0.3 is 14.9 Å². The van der Waals surface area contributed by atoms with Gasteiger partial charge in [0.2, 0.25) is 5.91 Å². The molecule has 0 radical (unpaired) electrons. The van der Waals surface area contributed by atoms with Gasteiger partial charge in [-0.05, 0) is 36.8 Å². The Hall–Kier alpha value is -1.73. The number of hydrogen-bond acceptors (Lipinski definition) is 4. The van der Waals surface area contributed by atoms with Crippen molar-refractivity contribution in [2.75, 3.05) is 31.6 Å². The molecule has 3 rings (SSSR count). The molecular weight excluding hydrogens is 386 g/mol. The number of thioether (sulfide) groups is 1. The maximum absolute atomic E-state index is 13.9. The average Bonchev–Trinajstić information content (AvgIpc) is 2.93. The van der Waals surface area contributed by atoms with Crippen molar-refractivity contribution in [2.24, 2.45) is 0 Å². The van der Waals surface area contributed by atoms with Gasteiger partial charge in [-0.15, -0.1) is 0 Å². The molecule has 1 aromatic carbocycles. The molecule has 2 N–H and O–H groups in total. The lowest BCUT2D eigenvalue weighted by Crippen LogP contribution is -2.61. The fourth-order valence-corrected chi connectivity index (χ4v) is 5.26. The summed E-state index contributed by atoms with van der Waals surface area (Å²) >= 11 is 1.76. The predicted molar refractivity (Wildman–Crippen MR) is 117 cm³/mol. The predicted octanol–water partition coefficient (Wildman–Crippen LogP) is 3.42. The van der Waals surface area contributed by atoms with Crippen molar-refractivity contribution >= 4 is 23.8 Å². The van der Waals surface area contributed by atoms with Gasteiger partial charge in [0.05, 0.1) is 5.66 Å².